The molecule has 9 nitrogen and oxygen atoms in total. The summed E-state index contributed by atoms with van der Waals surface area (Å²) in [5, 5.41) is 8.00. The van der Waals surface area contributed by atoms with Crippen LogP contribution >= 0.6 is 0 Å². The molecule has 1 heterocycles. The summed E-state index contributed by atoms with van der Waals surface area (Å²) in [5.41, 5.74) is 8.46. The summed E-state index contributed by atoms with van der Waals surface area (Å²) < 4.78 is 1.97. The quantitative estimate of drug-likeness (QED) is 0.157. The topological polar surface area (TPSA) is 115 Å². The van der Waals surface area contributed by atoms with Crippen molar-refractivity contribution in [3.63, 3.8) is 0 Å². The van der Waals surface area contributed by atoms with Gasteiger partial charge in [0.05, 0.1) is 11.4 Å². The van der Waals surface area contributed by atoms with E-state index in [9.17, 15) is 14.4 Å². The van der Waals surface area contributed by atoms with Crippen LogP contribution < -0.4 is 31.4 Å². The molecule has 0 fully saturated rings. The number of carbonyl (C=O) groups is 3. The lowest BCUT2D eigenvalue weighted by molar-refractivity contribution is -0.688. The Labute approximate surface area is 208 Å². The highest BCUT2D eigenvalue weighted by Gasteiger charge is 2.14. The van der Waals surface area contributed by atoms with Gasteiger partial charge < -0.3 is 16.0 Å². The summed E-state index contributed by atoms with van der Waals surface area (Å²) >= 11 is 0. The molecule has 4 rings (SSSR count). The van der Waals surface area contributed by atoms with Crippen molar-refractivity contribution >= 4 is 40.6 Å². The average molecular weight is 482 g/mol. The first-order valence-electron chi connectivity index (χ1n) is 11.2. The lowest BCUT2D eigenvalue weighted by atomic mass is 10.2. The lowest BCUT2D eigenvalue weighted by Crippen LogP contribution is -2.39. The standard InChI is InChI=1S/C27H24N6O3/c34-25(28-23-15-17-33(18-16-23)19-20-7-3-1-4-8-20)26(35)32-31-24-13-11-22(12-14-24)30-27(36)29-21-9-5-2-6-10-21/h1-18H,19H2,(H4,29,30,31,32,34,35,36)/p+1. The van der Waals surface area contributed by atoms with E-state index in [4.69, 9.17) is 0 Å². The summed E-state index contributed by atoms with van der Waals surface area (Å²) in [6.07, 6.45) is 3.66. The molecule has 5 N–H and O–H groups in total. The molecule has 0 saturated heterocycles. The van der Waals surface area contributed by atoms with Gasteiger partial charge in [0.1, 0.15) is 0 Å². The van der Waals surface area contributed by atoms with Gasteiger partial charge in [-0.2, -0.15) is 0 Å². The molecule has 0 saturated carbocycles. The van der Waals surface area contributed by atoms with E-state index < -0.39 is 11.8 Å². The van der Waals surface area contributed by atoms with Gasteiger partial charge in [0.15, 0.2) is 18.9 Å². The minimum Gasteiger partial charge on any atom is -0.317 e. The summed E-state index contributed by atoms with van der Waals surface area (Å²) in [5.74, 6) is -1.65. The SMILES string of the molecule is O=C(Nc1ccccc1)Nc1ccc(NNC(=O)C(=O)Nc2cc[n+](Cc3ccccc3)cc2)cc1. The molecular weight excluding hydrogens is 456 g/mol. The first-order chi connectivity index (χ1) is 17.5. The number of pyridine rings is 1. The molecular formula is C27H25N6O3+. The molecule has 0 spiro atoms. The van der Waals surface area contributed by atoms with E-state index in [2.05, 4.69) is 26.8 Å². The summed E-state index contributed by atoms with van der Waals surface area (Å²) in [7, 11) is 0. The molecule has 0 aliphatic heterocycles. The Hall–Kier alpha value is -5.18. The molecule has 0 atom stereocenters. The summed E-state index contributed by atoms with van der Waals surface area (Å²) in [6.45, 7) is 0.700. The number of rotatable bonds is 7. The maximum Gasteiger partial charge on any atom is 0.327 e. The molecule has 1 aromatic heterocycles. The van der Waals surface area contributed by atoms with Crippen LogP contribution in [0.15, 0.2) is 109 Å². The van der Waals surface area contributed by atoms with Gasteiger partial charge in [0.2, 0.25) is 0 Å². The Morgan fingerprint density at radius 1 is 0.556 bits per heavy atom. The molecule has 4 aromatic rings. The van der Waals surface area contributed by atoms with Crippen molar-refractivity contribution in [1.29, 1.82) is 0 Å². The highest BCUT2D eigenvalue weighted by Crippen LogP contribution is 2.14. The molecule has 180 valence electrons. The highest BCUT2D eigenvalue weighted by molar-refractivity contribution is 6.39. The molecule has 3 aromatic carbocycles. The van der Waals surface area contributed by atoms with Crippen molar-refractivity contribution in [1.82, 2.24) is 5.43 Å². The van der Waals surface area contributed by atoms with Crippen LogP contribution in [0, 0.1) is 0 Å². The van der Waals surface area contributed by atoms with Crippen LogP contribution in [0.3, 0.4) is 0 Å². The minimum atomic E-state index is -0.847. The fraction of sp³-hybridized carbons (Fsp3) is 0.0370. The van der Waals surface area contributed by atoms with Crippen molar-refractivity contribution < 1.29 is 19.0 Å². The van der Waals surface area contributed by atoms with Crippen LogP contribution in [0.25, 0.3) is 0 Å². The van der Waals surface area contributed by atoms with Gasteiger partial charge in [-0.25, -0.2) is 9.36 Å². The third-order valence-electron chi connectivity index (χ3n) is 5.06. The molecule has 0 radical (unpaired) electrons. The van der Waals surface area contributed by atoms with Gasteiger partial charge in [0.25, 0.3) is 0 Å². The molecule has 0 aliphatic carbocycles. The van der Waals surface area contributed by atoms with Crippen LogP contribution in [-0.4, -0.2) is 17.8 Å². The zero-order chi connectivity index (χ0) is 25.2. The summed E-state index contributed by atoms with van der Waals surface area (Å²) in [4.78, 5) is 36.4. The second-order valence-electron chi connectivity index (χ2n) is 7.80. The van der Waals surface area contributed by atoms with Crippen molar-refractivity contribution in [2.45, 2.75) is 6.54 Å². The molecule has 36 heavy (non-hydrogen) atoms. The molecule has 9 heteroatoms. The van der Waals surface area contributed by atoms with Gasteiger partial charge in [-0.3, -0.25) is 20.4 Å². The van der Waals surface area contributed by atoms with Crippen LogP contribution in [0.2, 0.25) is 0 Å². The number of para-hydroxylation sites is 1. The smallest absolute Gasteiger partial charge is 0.317 e. The van der Waals surface area contributed by atoms with Crippen LogP contribution in [-0.2, 0) is 16.1 Å². The van der Waals surface area contributed by atoms with Crippen molar-refractivity contribution in [3.05, 3.63) is 115 Å². The molecule has 0 unspecified atom stereocenters. The number of hydrogen-bond donors (Lipinski definition) is 5. The maximum atomic E-state index is 12.2. The Balaban J connectivity index is 1.21. The van der Waals surface area contributed by atoms with E-state index >= 15 is 0 Å². The van der Waals surface area contributed by atoms with E-state index in [-0.39, 0.29) is 6.03 Å². The number of benzene rings is 3. The van der Waals surface area contributed by atoms with Crippen LogP contribution in [0.5, 0.6) is 0 Å². The third kappa shape index (κ3) is 7.16. The number of nitrogens with one attached hydrogen (secondary N) is 5. The second-order valence-corrected chi connectivity index (χ2v) is 7.80. The monoisotopic (exact) mass is 481 g/mol. The van der Waals surface area contributed by atoms with Gasteiger partial charge in [-0.05, 0) is 36.4 Å². The van der Waals surface area contributed by atoms with E-state index in [1.54, 1.807) is 48.5 Å². The largest absolute Gasteiger partial charge is 0.327 e. The highest BCUT2D eigenvalue weighted by atomic mass is 16.2. The number of urea groups is 1. The predicted octanol–water partition coefficient (Wildman–Crippen LogP) is 3.75. The van der Waals surface area contributed by atoms with Gasteiger partial charge in [-0.1, -0.05) is 48.5 Å². The fourth-order valence-corrected chi connectivity index (χ4v) is 3.27. The fourth-order valence-electron chi connectivity index (χ4n) is 3.27. The van der Waals surface area contributed by atoms with Crippen molar-refractivity contribution in [3.8, 4) is 0 Å². The van der Waals surface area contributed by atoms with Crippen LogP contribution in [0.4, 0.5) is 27.5 Å². The zero-order valence-corrected chi connectivity index (χ0v) is 19.3. The van der Waals surface area contributed by atoms with E-state index in [1.807, 2.05) is 65.5 Å². The van der Waals surface area contributed by atoms with Crippen molar-refractivity contribution in [2.24, 2.45) is 0 Å². The second kappa shape index (κ2) is 11.8. The normalized spacial score (nSPS) is 10.1. The Morgan fingerprint density at radius 3 is 1.72 bits per heavy atom. The van der Waals surface area contributed by atoms with Gasteiger partial charge >= 0.3 is 17.8 Å². The number of amides is 4. The minimum absolute atomic E-state index is 0.376. The van der Waals surface area contributed by atoms with Crippen molar-refractivity contribution in [2.75, 3.05) is 21.4 Å². The molecule has 0 bridgehead atoms. The average Bonchev–Trinajstić information content (AvgIpc) is 2.90. The number of carbonyl (C=O) groups excluding carboxylic acids is 3. The molecule has 4 amide bonds. The van der Waals surface area contributed by atoms with Gasteiger partial charge in [0, 0.05) is 29.1 Å². The van der Waals surface area contributed by atoms with Crippen LogP contribution in [0.1, 0.15) is 5.56 Å². The Bertz CT molecular complexity index is 1310. The number of hydrazine groups is 1. The van der Waals surface area contributed by atoms with E-state index in [0.29, 0.717) is 29.3 Å². The Kier molecular flexibility index (Phi) is 7.85. The number of aromatic nitrogens is 1. The predicted molar refractivity (Wildman–Crippen MR) is 138 cm³/mol. The maximum absolute atomic E-state index is 12.2. The first kappa shape index (κ1) is 24.0. The Morgan fingerprint density at radius 2 is 1.08 bits per heavy atom. The number of nitrogens with zero attached hydrogens (tertiary/aromatic N) is 1. The van der Waals surface area contributed by atoms with E-state index in [0.717, 1.165) is 5.56 Å². The summed E-state index contributed by atoms with van der Waals surface area (Å²) in [6, 6.07) is 28.8. The first-order valence-corrected chi connectivity index (χ1v) is 11.2. The number of anilines is 4. The lowest BCUT2D eigenvalue weighted by Gasteiger charge is -2.10. The van der Waals surface area contributed by atoms with Gasteiger partial charge in [-0.15, -0.1) is 0 Å². The third-order valence-corrected chi connectivity index (χ3v) is 5.06. The molecule has 0 aliphatic rings. The zero-order valence-electron chi connectivity index (χ0n) is 19.3. The van der Waals surface area contributed by atoms with E-state index in [1.165, 1.54) is 0 Å². The number of hydrogen-bond acceptors (Lipinski definition) is 4.